The second kappa shape index (κ2) is 10.1. The summed E-state index contributed by atoms with van der Waals surface area (Å²) >= 11 is 5.47. The first-order valence-corrected chi connectivity index (χ1v) is 14.3. The number of aliphatic carboxylic acids is 1. The van der Waals surface area contributed by atoms with E-state index in [2.05, 4.69) is 42.6 Å². The number of hydrogen-bond acceptors (Lipinski definition) is 7. The number of aromatic nitrogens is 4. The molecule has 6 rings (SSSR count). The third-order valence-corrected chi connectivity index (χ3v) is 9.67. The molecule has 1 amide bonds. The Kier molecular flexibility index (Phi) is 6.65. The summed E-state index contributed by atoms with van der Waals surface area (Å²) in [5.74, 6) is -0.310. The molecular formula is C27H26BrN5O4S. The van der Waals surface area contributed by atoms with Crippen LogP contribution in [0.4, 0.5) is 4.79 Å². The Morgan fingerprint density at radius 3 is 2.61 bits per heavy atom. The number of aromatic amines is 1. The van der Waals surface area contributed by atoms with Crippen molar-refractivity contribution < 1.29 is 19.4 Å². The number of fused-ring (bicyclic) bond motifs is 1. The quantitative estimate of drug-likeness (QED) is 0.246. The molecule has 0 unspecified atom stereocenters. The van der Waals surface area contributed by atoms with Gasteiger partial charge < -0.3 is 14.7 Å². The van der Waals surface area contributed by atoms with Crippen LogP contribution in [0.2, 0.25) is 0 Å². The molecule has 2 aromatic carbocycles. The van der Waals surface area contributed by atoms with Gasteiger partial charge in [0.25, 0.3) is 0 Å². The molecule has 2 aromatic heterocycles. The fraction of sp³-hybridized carbons (Fsp3) is 0.370. The minimum atomic E-state index is -0.915. The van der Waals surface area contributed by atoms with E-state index in [9.17, 15) is 14.7 Å². The number of carboxylic acids is 1. The highest BCUT2D eigenvalue weighted by Gasteiger charge is 2.44. The van der Waals surface area contributed by atoms with E-state index in [-0.39, 0.29) is 19.2 Å². The molecule has 0 atom stereocenters. The van der Waals surface area contributed by atoms with Gasteiger partial charge in [0.15, 0.2) is 0 Å². The van der Waals surface area contributed by atoms with Crippen molar-refractivity contribution in [2.24, 2.45) is 5.41 Å². The summed E-state index contributed by atoms with van der Waals surface area (Å²) in [5, 5.41) is 25.6. The van der Waals surface area contributed by atoms with Crippen LogP contribution < -0.4 is 0 Å². The predicted octanol–water partition coefficient (Wildman–Crippen LogP) is 6.26. The predicted molar refractivity (Wildman–Crippen MR) is 147 cm³/mol. The lowest BCUT2D eigenvalue weighted by atomic mass is 9.85. The van der Waals surface area contributed by atoms with Gasteiger partial charge in [-0.2, -0.15) is 5.21 Å². The Morgan fingerprint density at radius 2 is 1.92 bits per heavy atom. The summed E-state index contributed by atoms with van der Waals surface area (Å²) < 4.78 is 7.65. The van der Waals surface area contributed by atoms with E-state index in [1.165, 1.54) is 0 Å². The minimum absolute atomic E-state index is 0.0512. The highest BCUT2D eigenvalue weighted by atomic mass is 79.9. The Hall–Kier alpha value is -3.31. The highest BCUT2D eigenvalue weighted by Crippen LogP contribution is 2.45. The lowest BCUT2D eigenvalue weighted by Crippen LogP contribution is -2.44. The number of thiophene rings is 1. The van der Waals surface area contributed by atoms with Crippen LogP contribution in [0.5, 0.6) is 0 Å². The van der Waals surface area contributed by atoms with Gasteiger partial charge in [0.1, 0.15) is 6.10 Å². The zero-order chi connectivity index (χ0) is 26.3. The molecule has 2 N–H and O–H groups in total. The van der Waals surface area contributed by atoms with Crippen molar-refractivity contribution in [2.75, 3.05) is 6.54 Å². The zero-order valence-corrected chi connectivity index (χ0v) is 22.9. The molecule has 2 aliphatic rings. The molecule has 9 nitrogen and oxygen atoms in total. The Morgan fingerprint density at radius 1 is 1.16 bits per heavy atom. The van der Waals surface area contributed by atoms with Gasteiger partial charge in [0, 0.05) is 38.8 Å². The monoisotopic (exact) mass is 595 g/mol. The lowest BCUT2D eigenvalue weighted by Gasteiger charge is -2.31. The average Bonchev–Trinajstić information content (AvgIpc) is 3.28. The van der Waals surface area contributed by atoms with Crippen molar-refractivity contribution in [2.45, 2.75) is 51.2 Å². The molecule has 2 aliphatic carbocycles. The van der Waals surface area contributed by atoms with Crippen molar-refractivity contribution >= 4 is 49.4 Å². The van der Waals surface area contributed by atoms with E-state index >= 15 is 0 Å². The van der Waals surface area contributed by atoms with Crippen LogP contribution in [0.1, 0.15) is 44.1 Å². The van der Waals surface area contributed by atoms with Crippen LogP contribution in [-0.2, 0) is 16.1 Å². The number of hydrogen-bond donors (Lipinski definition) is 2. The third kappa shape index (κ3) is 4.80. The van der Waals surface area contributed by atoms with E-state index in [1.807, 2.05) is 36.4 Å². The van der Waals surface area contributed by atoms with Crippen LogP contribution in [0.3, 0.4) is 0 Å². The molecule has 0 aliphatic heterocycles. The number of tetrazole rings is 1. The molecule has 2 heterocycles. The first-order valence-electron chi connectivity index (χ1n) is 12.7. The van der Waals surface area contributed by atoms with Crippen molar-refractivity contribution in [3.8, 4) is 21.8 Å². The van der Waals surface area contributed by atoms with Gasteiger partial charge in [-0.25, -0.2) is 4.79 Å². The summed E-state index contributed by atoms with van der Waals surface area (Å²) in [6.45, 7) is 0.438. The number of benzene rings is 2. The topological polar surface area (TPSA) is 121 Å². The van der Waals surface area contributed by atoms with Crippen molar-refractivity contribution in [3.63, 3.8) is 0 Å². The number of carbonyl (C=O) groups is 2. The van der Waals surface area contributed by atoms with Gasteiger partial charge in [-0.15, -0.1) is 21.5 Å². The van der Waals surface area contributed by atoms with Crippen molar-refractivity contribution in [3.05, 3.63) is 52.5 Å². The molecular weight excluding hydrogens is 570 g/mol. The number of amides is 1. The second-order valence-corrected chi connectivity index (χ2v) is 11.9. The third-order valence-electron chi connectivity index (χ3n) is 7.38. The number of carboxylic acid groups (broad SMARTS) is 1. The average molecular weight is 597 g/mol. The normalized spacial score (nSPS) is 16.6. The fourth-order valence-corrected chi connectivity index (χ4v) is 7.23. The Labute approximate surface area is 231 Å². The summed E-state index contributed by atoms with van der Waals surface area (Å²) in [4.78, 5) is 28.0. The SMILES string of the molecule is O=C(OC1CC1)N(Cc1ccc2sc(-c3ccccc3-c3nn[nH]n3)c(Br)c2c1)CC1(C(=O)O)CCCC1. The van der Waals surface area contributed by atoms with E-state index < -0.39 is 17.5 Å². The van der Waals surface area contributed by atoms with Gasteiger partial charge in [-0.05, 0) is 64.5 Å². The van der Waals surface area contributed by atoms with Gasteiger partial charge in [0.05, 0.1) is 10.3 Å². The first kappa shape index (κ1) is 25.0. The number of rotatable bonds is 8. The molecule has 38 heavy (non-hydrogen) atoms. The van der Waals surface area contributed by atoms with Crippen LogP contribution in [0.25, 0.3) is 31.9 Å². The molecule has 11 heteroatoms. The maximum atomic E-state index is 13.1. The standard InChI is InChI=1S/C27H26BrN5O4S/c28-22-20-13-16(14-33(26(36)37-17-8-9-17)15-27(25(34)35)11-3-4-12-27)7-10-21(20)38-23(22)18-5-1-2-6-19(18)24-29-31-32-30-24/h1-2,5-7,10,13,17H,3-4,8-9,11-12,14-15H2,(H,34,35)(H,29,30,31,32). The number of carbonyl (C=O) groups excluding carboxylic acids is 1. The maximum Gasteiger partial charge on any atom is 0.410 e. The highest BCUT2D eigenvalue weighted by molar-refractivity contribution is 9.10. The van der Waals surface area contributed by atoms with E-state index in [0.29, 0.717) is 18.7 Å². The fourth-order valence-electron chi connectivity index (χ4n) is 5.20. The van der Waals surface area contributed by atoms with Crippen LogP contribution >= 0.6 is 27.3 Å². The molecule has 0 spiro atoms. The molecule has 196 valence electrons. The lowest BCUT2D eigenvalue weighted by molar-refractivity contribution is -0.149. The number of nitrogens with zero attached hydrogens (tertiary/aromatic N) is 4. The van der Waals surface area contributed by atoms with Crippen LogP contribution in [0.15, 0.2) is 46.9 Å². The van der Waals surface area contributed by atoms with E-state index in [4.69, 9.17) is 4.74 Å². The molecule has 0 radical (unpaired) electrons. The summed E-state index contributed by atoms with van der Waals surface area (Å²) in [5.41, 5.74) is 1.86. The van der Waals surface area contributed by atoms with Gasteiger partial charge >= 0.3 is 12.1 Å². The van der Waals surface area contributed by atoms with Crippen molar-refractivity contribution in [1.29, 1.82) is 0 Å². The van der Waals surface area contributed by atoms with E-state index in [1.54, 1.807) is 16.2 Å². The minimum Gasteiger partial charge on any atom is -0.481 e. The summed E-state index contributed by atoms with van der Waals surface area (Å²) in [7, 11) is 0. The maximum absolute atomic E-state index is 13.1. The largest absolute Gasteiger partial charge is 0.481 e. The number of nitrogens with one attached hydrogen (secondary N) is 1. The van der Waals surface area contributed by atoms with E-state index in [0.717, 1.165) is 61.8 Å². The summed E-state index contributed by atoms with van der Waals surface area (Å²) in [6.07, 6.45) is 4.13. The Bertz CT molecular complexity index is 1490. The molecule has 2 saturated carbocycles. The van der Waals surface area contributed by atoms with Crippen LogP contribution in [0, 0.1) is 5.41 Å². The van der Waals surface area contributed by atoms with Gasteiger partial charge in [0.2, 0.25) is 5.82 Å². The molecule has 0 saturated heterocycles. The zero-order valence-electron chi connectivity index (χ0n) is 20.5. The second-order valence-electron chi connectivity index (χ2n) is 10.1. The number of ether oxygens (including phenoxy) is 1. The molecule has 4 aromatic rings. The summed E-state index contributed by atoms with van der Waals surface area (Å²) in [6, 6.07) is 14.0. The number of H-pyrrole nitrogens is 1. The van der Waals surface area contributed by atoms with Crippen LogP contribution in [-0.4, -0.2) is 55.3 Å². The van der Waals surface area contributed by atoms with Gasteiger partial charge in [-0.3, -0.25) is 4.79 Å². The molecule has 0 bridgehead atoms. The number of halogens is 1. The van der Waals surface area contributed by atoms with Gasteiger partial charge in [-0.1, -0.05) is 43.2 Å². The first-order chi connectivity index (χ1) is 18.4. The van der Waals surface area contributed by atoms with Crippen molar-refractivity contribution in [1.82, 2.24) is 25.5 Å². The smallest absolute Gasteiger partial charge is 0.410 e. The Balaban J connectivity index is 1.33. The molecule has 2 fully saturated rings.